The quantitative estimate of drug-likeness (QED) is 0.862. The van der Waals surface area contributed by atoms with Crippen LogP contribution in [-0.4, -0.2) is 30.7 Å². The number of nitrogens with one attached hydrogen (secondary N) is 1. The Bertz CT molecular complexity index is 365. The summed E-state index contributed by atoms with van der Waals surface area (Å²) < 4.78 is 0. The van der Waals surface area contributed by atoms with Crippen molar-refractivity contribution in [2.45, 2.75) is 38.1 Å². The molecular formula is C14H21N3. The summed E-state index contributed by atoms with van der Waals surface area (Å²) in [7, 11) is 0. The smallest absolute Gasteiger partial charge is 0.0439 e. The highest BCUT2D eigenvalue weighted by Gasteiger charge is 2.16. The number of anilines is 1. The van der Waals surface area contributed by atoms with Crippen LogP contribution in [0.25, 0.3) is 0 Å². The molecule has 0 unspecified atom stereocenters. The summed E-state index contributed by atoms with van der Waals surface area (Å²) in [6.45, 7) is 3.60. The van der Waals surface area contributed by atoms with Crippen LogP contribution in [0.4, 0.5) is 5.69 Å². The van der Waals surface area contributed by atoms with Crippen molar-refractivity contribution in [2.24, 2.45) is 0 Å². The van der Waals surface area contributed by atoms with Gasteiger partial charge in [0.25, 0.3) is 0 Å². The molecule has 2 aliphatic heterocycles. The highest BCUT2D eigenvalue weighted by Crippen LogP contribution is 2.21. The van der Waals surface area contributed by atoms with Crippen LogP contribution < -0.4 is 10.2 Å². The average Bonchev–Trinajstić information content (AvgIpc) is 3.01. The molecule has 92 valence electrons. The maximum atomic E-state index is 4.51. The predicted octanol–water partition coefficient (Wildman–Crippen LogP) is 1.98. The summed E-state index contributed by atoms with van der Waals surface area (Å²) in [5, 5.41) is 3.54. The first-order chi connectivity index (χ1) is 8.42. The summed E-state index contributed by atoms with van der Waals surface area (Å²) in [4.78, 5) is 6.99. The van der Waals surface area contributed by atoms with Crippen LogP contribution in [0.5, 0.6) is 0 Å². The monoisotopic (exact) mass is 231 g/mol. The largest absolute Gasteiger partial charge is 0.371 e. The second-order valence-corrected chi connectivity index (χ2v) is 5.20. The van der Waals surface area contributed by atoms with Gasteiger partial charge in [0.15, 0.2) is 0 Å². The fourth-order valence-electron chi connectivity index (χ4n) is 2.93. The molecule has 0 radical (unpaired) electrons. The Kier molecular flexibility index (Phi) is 3.27. The van der Waals surface area contributed by atoms with Gasteiger partial charge in [0.05, 0.1) is 0 Å². The van der Waals surface area contributed by atoms with Gasteiger partial charge in [-0.1, -0.05) is 0 Å². The lowest BCUT2D eigenvalue weighted by atomic mass is 10.1. The Balaban J connectivity index is 1.69. The van der Waals surface area contributed by atoms with Gasteiger partial charge in [-0.15, -0.1) is 0 Å². The lowest BCUT2D eigenvalue weighted by Crippen LogP contribution is -2.24. The lowest BCUT2D eigenvalue weighted by Gasteiger charge is -2.18. The van der Waals surface area contributed by atoms with Gasteiger partial charge in [-0.2, -0.15) is 0 Å². The molecule has 2 saturated heterocycles. The molecule has 1 aromatic heterocycles. The molecule has 3 nitrogen and oxygen atoms in total. The van der Waals surface area contributed by atoms with Crippen LogP contribution in [0.3, 0.4) is 0 Å². The molecule has 3 heterocycles. The summed E-state index contributed by atoms with van der Waals surface area (Å²) >= 11 is 0. The number of rotatable bonds is 3. The molecule has 0 spiro atoms. The normalized spacial score (nSPS) is 24.5. The van der Waals surface area contributed by atoms with Gasteiger partial charge < -0.3 is 10.2 Å². The van der Waals surface area contributed by atoms with Crippen LogP contribution >= 0.6 is 0 Å². The molecule has 1 aromatic rings. The maximum absolute atomic E-state index is 4.51. The third-order valence-corrected chi connectivity index (χ3v) is 3.89. The number of aromatic nitrogens is 1. The standard InChI is InChI=1S/C14H21N3/c1-2-9-17(8-1)14-5-7-16-13(11-14)10-12-4-3-6-15-12/h5,7,11-12,15H,1-4,6,8-10H2/t12-/m1/s1. The van der Waals surface area contributed by atoms with Crippen molar-refractivity contribution >= 4 is 5.69 Å². The second kappa shape index (κ2) is 5.05. The number of nitrogens with zero attached hydrogens (tertiary/aromatic N) is 2. The summed E-state index contributed by atoms with van der Waals surface area (Å²) in [5.74, 6) is 0. The zero-order chi connectivity index (χ0) is 11.5. The van der Waals surface area contributed by atoms with Crippen LogP contribution in [0.1, 0.15) is 31.4 Å². The Morgan fingerprint density at radius 3 is 2.94 bits per heavy atom. The van der Waals surface area contributed by atoms with Gasteiger partial charge in [0.1, 0.15) is 0 Å². The van der Waals surface area contributed by atoms with E-state index in [4.69, 9.17) is 0 Å². The van der Waals surface area contributed by atoms with Gasteiger partial charge in [-0.25, -0.2) is 0 Å². The molecule has 1 N–H and O–H groups in total. The van der Waals surface area contributed by atoms with Crippen LogP contribution in [0, 0.1) is 0 Å². The third-order valence-electron chi connectivity index (χ3n) is 3.89. The Labute approximate surface area is 103 Å². The molecule has 0 amide bonds. The first-order valence-electron chi connectivity index (χ1n) is 6.85. The van der Waals surface area contributed by atoms with Gasteiger partial charge in [0.2, 0.25) is 0 Å². The van der Waals surface area contributed by atoms with E-state index in [0.29, 0.717) is 6.04 Å². The minimum atomic E-state index is 0.649. The SMILES string of the molecule is c1cc(N2CCCC2)cc(C[C@H]2CCCN2)n1. The summed E-state index contributed by atoms with van der Waals surface area (Å²) in [5.41, 5.74) is 2.61. The molecule has 2 aliphatic rings. The van der Waals surface area contributed by atoms with Crippen molar-refractivity contribution in [1.29, 1.82) is 0 Å². The van der Waals surface area contributed by atoms with E-state index in [2.05, 4.69) is 27.3 Å². The highest BCUT2D eigenvalue weighted by atomic mass is 15.1. The second-order valence-electron chi connectivity index (χ2n) is 5.20. The highest BCUT2D eigenvalue weighted by molar-refractivity contribution is 5.47. The fourth-order valence-corrected chi connectivity index (χ4v) is 2.93. The molecule has 1 atom stereocenters. The third kappa shape index (κ3) is 2.60. The Morgan fingerprint density at radius 1 is 1.29 bits per heavy atom. The molecule has 0 aliphatic carbocycles. The molecule has 3 rings (SSSR count). The first-order valence-corrected chi connectivity index (χ1v) is 6.85. The molecule has 17 heavy (non-hydrogen) atoms. The fraction of sp³-hybridized carbons (Fsp3) is 0.643. The maximum Gasteiger partial charge on any atom is 0.0439 e. The minimum Gasteiger partial charge on any atom is -0.371 e. The topological polar surface area (TPSA) is 28.2 Å². The van der Waals surface area contributed by atoms with Gasteiger partial charge in [-0.05, 0) is 44.4 Å². The van der Waals surface area contributed by atoms with E-state index in [0.717, 1.165) is 6.42 Å². The van der Waals surface area contributed by atoms with Crippen molar-refractivity contribution < 1.29 is 0 Å². The van der Waals surface area contributed by atoms with E-state index >= 15 is 0 Å². The zero-order valence-corrected chi connectivity index (χ0v) is 10.4. The average molecular weight is 231 g/mol. The van der Waals surface area contributed by atoms with Gasteiger partial charge in [0, 0.05) is 43.1 Å². The number of pyridine rings is 1. The molecule has 0 aromatic carbocycles. The molecule has 3 heteroatoms. The van der Waals surface area contributed by atoms with Crippen molar-refractivity contribution in [3.05, 3.63) is 24.0 Å². The minimum absolute atomic E-state index is 0.649. The molecule has 2 fully saturated rings. The molecular weight excluding hydrogens is 210 g/mol. The summed E-state index contributed by atoms with van der Waals surface area (Å²) in [6, 6.07) is 5.08. The van der Waals surface area contributed by atoms with E-state index in [1.165, 1.54) is 56.7 Å². The van der Waals surface area contributed by atoms with Crippen molar-refractivity contribution in [3.8, 4) is 0 Å². The number of hydrogen-bond acceptors (Lipinski definition) is 3. The van der Waals surface area contributed by atoms with Crippen LogP contribution in [0.15, 0.2) is 18.3 Å². The first kappa shape index (κ1) is 11.0. The molecule has 0 saturated carbocycles. The predicted molar refractivity (Wildman–Crippen MR) is 70.4 cm³/mol. The van der Waals surface area contributed by atoms with E-state index in [1.54, 1.807) is 0 Å². The van der Waals surface area contributed by atoms with E-state index in [-0.39, 0.29) is 0 Å². The van der Waals surface area contributed by atoms with Crippen LogP contribution in [0.2, 0.25) is 0 Å². The Hall–Kier alpha value is -1.09. The van der Waals surface area contributed by atoms with Crippen molar-refractivity contribution in [3.63, 3.8) is 0 Å². The molecule has 0 bridgehead atoms. The van der Waals surface area contributed by atoms with E-state index in [1.807, 2.05) is 6.20 Å². The Morgan fingerprint density at radius 2 is 2.18 bits per heavy atom. The van der Waals surface area contributed by atoms with E-state index in [9.17, 15) is 0 Å². The summed E-state index contributed by atoms with van der Waals surface area (Å²) in [6.07, 6.45) is 8.34. The van der Waals surface area contributed by atoms with Crippen molar-refractivity contribution in [1.82, 2.24) is 10.3 Å². The van der Waals surface area contributed by atoms with E-state index < -0.39 is 0 Å². The lowest BCUT2D eigenvalue weighted by molar-refractivity contribution is 0.595. The van der Waals surface area contributed by atoms with Gasteiger partial charge >= 0.3 is 0 Å². The zero-order valence-electron chi connectivity index (χ0n) is 10.4. The van der Waals surface area contributed by atoms with Crippen molar-refractivity contribution in [2.75, 3.05) is 24.5 Å². The van der Waals surface area contributed by atoms with Gasteiger partial charge in [-0.3, -0.25) is 4.98 Å². The van der Waals surface area contributed by atoms with Crippen LogP contribution in [-0.2, 0) is 6.42 Å². The number of hydrogen-bond donors (Lipinski definition) is 1.